The van der Waals surface area contributed by atoms with Gasteiger partial charge in [-0.1, -0.05) is 50.2 Å². The molecular formula is C21H24N2O3S. The number of nitrogens with zero attached hydrogens (tertiary/aromatic N) is 2. The number of hydrogen-bond acceptors (Lipinski definition) is 3. The number of aryl methyl sites for hydroxylation is 1. The van der Waals surface area contributed by atoms with Crippen molar-refractivity contribution in [2.45, 2.75) is 37.1 Å². The van der Waals surface area contributed by atoms with Crippen molar-refractivity contribution in [3.05, 3.63) is 65.2 Å². The van der Waals surface area contributed by atoms with Gasteiger partial charge in [-0.3, -0.25) is 4.79 Å². The van der Waals surface area contributed by atoms with Gasteiger partial charge < -0.3 is 4.90 Å². The summed E-state index contributed by atoms with van der Waals surface area (Å²) in [6.07, 6.45) is 0. The summed E-state index contributed by atoms with van der Waals surface area (Å²) < 4.78 is 27.6. The Morgan fingerprint density at radius 2 is 1.81 bits per heavy atom. The first-order chi connectivity index (χ1) is 12.7. The summed E-state index contributed by atoms with van der Waals surface area (Å²) in [5.41, 5.74) is 2.96. The van der Waals surface area contributed by atoms with E-state index in [1.54, 1.807) is 18.2 Å². The van der Waals surface area contributed by atoms with E-state index >= 15 is 0 Å². The number of carbonyl (C=O) groups excluding carboxylic acids is 1. The summed E-state index contributed by atoms with van der Waals surface area (Å²) in [4.78, 5) is 15.0. The second kappa shape index (κ2) is 6.17. The molecule has 2 aliphatic heterocycles. The summed E-state index contributed by atoms with van der Waals surface area (Å²) in [5.74, 6) is -0.134. The highest BCUT2D eigenvalue weighted by Crippen LogP contribution is 2.42. The predicted molar refractivity (Wildman–Crippen MR) is 104 cm³/mol. The first kappa shape index (κ1) is 18.2. The average molecular weight is 385 g/mol. The third-order valence-corrected chi connectivity index (χ3v) is 7.43. The van der Waals surface area contributed by atoms with Crippen molar-refractivity contribution in [1.82, 2.24) is 9.21 Å². The molecule has 1 atom stereocenters. The maximum absolute atomic E-state index is 13.2. The van der Waals surface area contributed by atoms with Crippen molar-refractivity contribution in [2.75, 3.05) is 19.6 Å². The van der Waals surface area contributed by atoms with E-state index in [2.05, 4.69) is 19.9 Å². The van der Waals surface area contributed by atoms with Gasteiger partial charge in [0.1, 0.15) is 0 Å². The molecule has 0 spiro atoms. The third-order valence-electron chi connectivity index (χ3n) is 5.63. The number of sulfonamides is 1. The molecule has 1 unspecified atom stereocenters. The fraction of sp³-hybridized carbons (Fsp3) is 0.381. The van der Waals surface area contributed by atoms with Crippen LogP contribution in [0.5, 0.6) is 0 Å². The Bertz CT molecular complexity index is 1010. The number of benzene rings is 2. The summed E-state index contributed by atoms with van der Waals surface area (Å²) in [7, 11) is -3.71. The van der Waals surface area contributed by atoms with E-state index in [1.807, 2.05) is 36.1 Å². The molecule has 0 radical (unpaired) electrons. The molecule has 27 heavy (non-hydrogen) atoms. The lowest BCUT2D eigenvalue weighted by atomic mass is 9.75. The topological polar surface area (TPSA) is 57.7 Å². The summed E-state index contributed by atoms with van der Waals surface area (Å²) in [6.45, 7) is 6.91. The number of amides is 1. The fourth-order valence-electron chi connectivity index (χ4n) is 4.26. The van der Waals surface area contributed by atoms with Crippen LogP contribution in [-0.2, 0) is 20.2 Å². The van der Waals surface area contributed by atoms with Crippen molar-refractivity contribution >= 4 is 15.9 Å². The van der Waals surface area contributed by atoms with Gasteiger partial charge in [0.2, 0.25) is 15.9 Å². The normalized spacial score (nSPS) is 22.3. The maximum atomic E-state index is 13.2. The van der Waals surface area contributed by atoms with Crippen LogP contribution >= 0.6 is 0 Å². The van der Waals surface area contributed by atoms with Crippen LogP contribution in [0.4, 0.5) is 0 Å². The van der Waals surface area contributed by atoms with E-state index in [1.165, 1.54) is 9.87 Å². The van der Waals surface area contributed by atoms with Crippen molar-refractivity contribution in [3.8, 4) is 0 Å². The standard InChI is InChI=1S/C21H24N2O3S/c1-15-7-6-8-16(11-15)27(25,26)22-12-19-17-9-4-5-10-18(17)21(2,3)14-23(19)20(24)13-22/h4-11,19H,12-14H2,1-3H3. The Hall–Kier alpha value is -2.18. The van der Waals surface area contributed by atoms with Crippen LogP contribution in [0.15, 0.2) is 53.4 Å². The van der Waals surface area contributed by atoms with Crippen LogP contribution in [0.1, 0.15) is 36.6 Å². The van der Waals surface area contributed by atoms with Gasteiger partial charge in [-0.05, 0) is 35.7 Å². The molecule has 142 valence electrons. The Kier molecular flexibility index (Phi) is 4.16. The van der Waals surface area contributed by atoms with E-state index in [-0.39, 0.29) is 35.3 Å². The monoisotopic (exact) mass is 384 g/mol. The molecule has 4 rings (SSSR count). The van der Waals surface area contributed by atoms with E-state index < -0.39 is 10.0 Å². The molecule has 0 aromatic heterocycles. The quantitative estimate of drug-likeness (QED) is 0.800. The zero-order chi connectivity index (χ0) is 19.4. The molecular weight excluding hydrogens is 360 g/mol. The lowest BCUT2D eigenvalue weighted by Crippen LogP contribution is -2.58. The van der Waals surface area contributed by atoms with Gasteiger partial charge in [-0.15, -0.1) is 0 Å². The molecule has 2 aromatic rings. The zero-order valence-electron chi connectivity index (χ0n) is 15.8. The molecule has 1 fully saturated rings. The maximum Gasteiger partial charge on any atom is 0.243 e. The number of hydrogen-bond donors (Lipinski definition) is 0. The third kappa shape index (κ3) is 2.97. The molecule has 0 aliphatic carbocycles. The van der Waals surface area contributed by atoms with Gasteiger partial charge in [0, 0.05) is 18.5 Å². The van der Waals surface area contributed by atoms with Crippen LogP contribution in [0, 0.1) is 6.92 Å². The Balaban J connectivity index is 1.75. The highest BCUT2D eigenvalue weighted by molar-refractivity contribution is 7.89. The second-order valence-corrected chi connectivity index (χ2v) is 10.1. The SMILES string of the molecule is Cc1cccc(S(=O)(=O)N2CC(=O)N3CC(C)(C)c4ccccc4C3C2)c1. The highest BCUT2D eigenvalue weighted by Gasteiger charge is 2.45. The fourth-order valence-corrected chi connectivity index (χ4v) is 5.76. The molecule has 5 nitrogen and oxygen atoms in total. The summed E-state index contributed by atoms with van der Waals surface area (Å²) in [5, 5.41) is 0. The predicted octanol–water partition coefficient (Wildman–Crippen LogP) is 2.86. The molecule has 1 saturated heterocycles. The van der Waals surface area contributed by atoms with Crippen molar-refractivity contribution in [1.29, 1.82) is 0 Å². The van der Waals surface area contributed by atoms with Crippen LogP contribution in [0.2, 0.25) is 0 Å². The smallest absolute Gasteiger partial charge is 0.243 e. The molecule has 0 N–H and O–H groups in total. The highest BCUT2D eigenvalue weighted by atomic mass is 32.2. The average Bonchev–Trinajstić information content (AvgIpc) is 2.62. The number of rotatable bonds is 2. The molecule has 2 heterocycles. The number of piperazine rings is 1. The van der Waals surface area contributed by atoms with E-state index in [0.717, 1.165) is 11.1 Å². The Morgan fingerprint density at radius 1 is 1.07 bits per heavy atom. The van der Waals surface area contributed by atoms with Gasteiger partial charge in [-0.25, -0.2) is 8.42 Å². The minimum Gasteiger partial charge on any atom is -0.332 e. The Morgan fingerprint density at radius 3 is 2.56 bits per heavy atom. The number of fused-ring (bicyclic) bond motifs is 3. The van der Waals surface area contributed by atoms with E-state index in [4.69, 9.17) is 0 Å². The zero-order valence-corrected chi connectivity index (χ0v) is 16.7. The van der Waals surface area contributed by atoms with Crippen molar-refractivity contribution < 1.29 is 13.2 Å². The molecule has 0 bridgehead atoms. The van der Waals surface area contributed by atoms with Gasteiger partial charge in [0.05, 0.1) is 17.5 Å². The lowest BCUT2D eigenvalue weighted by Gasteiger charge is -2.49. The van der Waals surface area contributed by atoms with Crippen molar-refractivity contribution in [3.63, 3.8) is 0 Å². The molecule has 6 heteroatoms. The van der Waals surface area contributed by atoms with Crippen LogP contribution in [0.25, 0.3) is 0 Å². The van der Waals surface area contributed by atoms with Crippen LogP contribution < -0.4 is 0 Å². The summed E-state index contributed by atoms with van der Waals surface area (Å²) in [6, 6.07) is 14.7. The first-order valence-electron chi connectivity index (χ1n) is 9.16. The van der Waals surface area contributed by atoms with Crippen LogP contribution in [0.3, 0.4) is 0 Å². The van der Waals surface area contributed by atoms with E-state index in [9.17, 15) is 13.2 Å². The lowest BCUT2D eigenvalue weighted by molar-refractivity contribution is -0.139. The molecule has 0 saturated carbocycles. The molecule has 2 aliphatic rings. The molecule has 2 aromatic carbocycles. The van der Waals surface area contributed by atoms with Crippen LogP contribution in [-0.4, -0.2) is 43.2 Å². The largest absolute Gasteiger partial charge is 0.332 e. The van der Waals surface area contributed by atoms with Gasteiger partial charge >= 0.3 is 0 Å². The Labute approximate surface area is 160 Å². The summed E-state index contributed by atoms with van der Waals surface area (Å²) >= 11 is 0. The molecule has 1 amide bonds. The second-order valence-electron chi connectivity index (χ2n) is 8.12. The first-order valence-corrected chi connectivity index (χ1v) is 10.6. The number of carbonyl (C=O) groups is 1. The minimum absolute atomic E-state index is 0.106. The van der Waals surface area contributed by atoms with Gasteiger partial charge in [0.25, 0.3) is 0 Å². The van der Waals surface area contributed by atoms with Gasteiger partial charge in [-0.2, -0.15) is 4.31 Å². The minimum atomic E-state index is -3.71. The van der Waals surface area contributed by atoms with Gasteiger partial charge in [0.15, 0.2) is 0 Å². The van der Waals surface area contributed by atoms with E-state index in [0.29, 0.717) is 6.54 Å². The van der Waals surface area contributed by atoms with Crippen molar-refractivity contribution in [2.24, 2.45) is 0 Å².